The van der Waals surface area contributed by atoms with Gasteiger partial charge >= 0.3 is 0 Å². The van der Waals surface area contributed by atoms with E-state index in [1.807, 2.05) is 4.90 Å². The summed E-state index contributed by atoms with van der Waals surface area (Å²) >= 11 is 0. The molecule has 0 radical (unpaired) electrons. The highest BCUT2D eigenvalue weighted by molar-refractivity contribution is 5.82. The van der Waals surface area contributed by atoms with Gasteiger partial charge in [-0.3, -0.25) is 14.4 Å². The molecule has 0 saturated carbocycles. The van der Waals surface area contributed by atoms with Crippen LogP contribution in [0, 0.1) is 11.8 Å². The van der Waals surface area contributed by atoms with Crippen LogP contribution in [-0.4, -0.2) is 35.9 Å². The van der Waals surface area contributed by atoms with Crippen LogP contribution in [0.3, 0.4) is 0 Å². The van der Waals surface area contributed by atoms with Crippen molar-refractivity contribution in [2.24, 2.45) is 11.8 Å². The van der Waals surface area contributed by atoms with Crippen LogP contribution < -0.4 is 5.48 Å². The van der Waals surface area contributed by atoms with Crippen molar-refractivity contribution < 1.29 is 14.4 Å². The van der Waals surface area contributed by atoms with Gasteiger partial charge in [0.2, 0.25) is 5.91 Å². The Morgan fingerprint density at radius 1 is 1.09 bits per heavy atom. The van der Waals surface area contributed by atoms with E-state index in [0.29, 0.717) is 25.4 Å². The van der Waals surface area contributed by atoms with Crippen molar-refractivity contribution in [1.82, 2.24) is 10.4 Å². The number of unbranched alkanes of at least 4 members (excludes halogenated alkanes) is 4. The van der Waals surface area contributed by atoms with E-state index in [1.54, 1.807) is 0 Å². The molecule has 5 heteroatoms. The highest BCUT2D eigenvalue weighted by atomic mass is 16.7. The summed E-state index contributed by atoms with van der Waals surface area (Å²) in [5.41, 5.74) is 2.44. The summed E-state index contributed by atoms with van der Waals surface area (Å²) in [6.07, 6.45) is 26.4. The molecule has 0 aromatic carbocycles. The Labute approximate surface area is 195 Å². The molecule has 0 bridgehead atoms. The Morgan fingerprint density at radius 3 is 2.66 bits per heavy atom. The van der Waals surface area contributed by atoms with Gasteiger partial charge in [0, 0.05) is 19.5 Å². The van der Waals surface area contributed by atoms with E-state index in [-0.39, 0.29) is 23.8 Å². The molecule has 0 aliphatic carbocycles. The van der Waals surface area contributed by atoms with Crippen LogP contribution in [0.2, 0.25) is 0 Å². The number of hydrogen-bond donors (Lipinski definition) is 1. The number of hydroxylamine groups is 1. The van der Waals surface area contributed by atoms with Gasteiger partial charge in [-0.25, -0.2) is 5.48 Å². The second-order valence-corrected chi connectivity index (χ2v) is 9.31. The molecular weight excluding hydrogens is 400 g/mol. The number of fused-ring (bicyclic) bond motifs is 1. The van der Waals surface area contributed by atoms with Gasteiger partial charge < -0.3 is 4.90 Å². The van der Waals surface area contributed by atoms with Crippen molar-refractivity contribution in [3.63, 3.8) is 0 Å². The molecule has 3 atom stereocenters. The summed E-state index contributed by atoms with van der Waals surface area (Å²) in [7, 11) is 0. The molecule has 1 N–H and O–H groups in total. The Hall–Kier alpha value is -1.88. The van der Waals surface area contributed by atoms with Crippen LogP contribution in [-0.2, 0) is 14.4 Å². The van der Waals surface area contributed by atoms with Gasteiger partial charge in [-0.05, 0) is 63.7 Å². The van der Waals surface area contributed by atoms with E-state index in [4.69, 9.17) is 4.84 Å². The molecule has 0 aromatic heterocycles. The van der Waals surface area contributed by atoms with Gasteiger partial charge in [0.1, 0.15) is 6.10 Å². The Kier molecular flexibility index (Phi) is 13.1. The molecule has 180 valence electrons. The first-order valence-corrected chi connectivity index (χ1v) is 12.8. The first-order chi connectivity index (χ1) is 15.6. The van der Waals surface area contributed by atoms with Gasteiger partial charge in [0.05, 0.1) is 5.92 Å². The quantitative estimate of drug-likeness (QED) is 0.253. The minimum Gasteiger partial charge on any atom is -0.342 e. The number of carbonyl (C=O) groups is 2. The first-order valence-electron chi connectivity index (χ1n) is 12.8. The fourth-order valence-corrected chi connectivity index (χ4v) is 4.25. The summed E-state index contributed by atoms with van der Waals surface area (Å²) in [5, 5.41) is 0. The normalized spacial score (nSPS) is 22.2. The van der Waals surface area contributed by atoms with Crippen LogP contribution in [0.25, 0.3) is 0 Å². The maximum Gasteiger partial charge on any atom is 0.251 e. The zero-order valence-electron chi connectivity index (χ0n) is 20.3. The van der Waals surface area contributed by atoms with E-state index < -0.39 is 0 Å². The molecule has 3 unspecified atom stereocenters. The SMILES string of the molecule is CCCCCC=CCC=CCCC(C)CC=CCCCC(=O)N1CCC2ONC(=O)C2C1. The zero-order valence-corrected chi connectivity index (χ0v) is 20.3. The van der Waals surface area contributed by atoms with Crippen LogP contribution in [0.1, 0.15) is 90.9 Å². The molecule has 2 rings (SSSR count). The largest absolute Gasteiger partial charge is 0.342 e. The van der Waals surface area contributed by atoms with Crippen molar-refractivity contribution >= 4 is 11.8 Å². The summed E-state index contributed by atoms with van der Waals surface area (Å²) < 4.78 is 0. The Balaban J connectivity index is 1.46. The monoisotopic (exact) mass is 444 g/mol. The number of amides is 2. The molecular formula is C27H44N2O3. The Bertz CT molecular complexity index is 641. The number of piperidine rings is 1. The molecule has 5 nitrogen and oxygen atoms in total. The summed E-state index contributed by atoms with van der Waals surface area (Å²) in [4.78, 5) is 31.2. The lowest BCUT2D eigenvalue weighted by atomic mass is 9.95. The molecule has 2 amide bonds. The van der Waals surface area contributed by atoms with E-state index in [2.05, 4.69) is 55.8 Å². The van der Waals surface area contributed by atoms with Crippen LogP contribution >= 0.6 is 0 Å². The number of carbonyl (C=O) groups excluding carboxylic acids is 2. The predicted molar refractivity (Wildman–Crippen MR) is 131 cm³/mol. The van der Waals surface area contributed by atoms with E-state index in [9.17, 15) is 9.59 Å². The number of rotatable bonds is 15. The minimum absolute atomic E-state index is 0.0656. The molecule has 2 aliphatic heterocycles. The van der Waals surface area contributed by atoms with Gasteiger partial charge in [0.25, 0.3) is 5.91 Å². The average molecular weight is 445 g/mol. The van der Waals surface area contributed by atoms with Gasteiger partial charge in [-0.1, -0.05) is 63.1 Å². The standard InChI is InChI=1S/C27H44N2O3/c1-3-4-5-6-7-8-9-10-11-14-17-23(2)18-15-12-13-16-19-26(30)29-21-20-25-24(22-29)27(31)28-32-25/h7-8,10-12,15,23-25H,3-6,9,13-14,16-22H2,1-2H3,(H,28,31). The second-order valence-electron chi connectivity index (χ2n) is 9.31. The van der Waals surface area contributed by atoms with Crippen molar-refractivity contribution in [2.45, 2.75) is 97.0 Å². The van der Waals surface area contributed by atoms with Crippen LogP contribution in [0.15, 0.2) is 36.5 Å². The molecule has 2 aliphatic rings. The topological polar surface area (TPSA) is 58.6 Å². The minimum atomic E-state index is -0.198. The zero-order chi connectivity index (χ0) is 23.0. The number of likely N-dealkylation sites (tertiary alicyclic amines) is 1. The van der Waals surface area contributed by atoms with Crippen LogP contribution in [0.5, 0.6) is 0 Å². The number of nitrogens with one attached hydrogen (secondary N) is 1. The average Bonchev–Trinajstić information content (AvgIpc) is 3.17. The first kappa shape index (κ1) is 26.4. The fraction of sp³-hybridized carbons (Fsp3) is 0.704. The highest BCUT2D eigenvalue weighted by Gasteiger charge is 2.41. The number of nitrogens with zero attached hydrogens (tertiary/aromatic N) is 1. The maximum atomic E-state index is 12.4. The number of hydrogen-bond acceptors (Lipinski definition) is 3. The predicted octanol–water partition coefficient (Wildman–Crippen LogP) is 5.88. The lowest BCUT2D eigenvalue weighted by molar-refractivity contribution is -0.135. The molecule has 0 aromatic rings. The lowest BCUT2D eigenvalue weighted by Crippen LogP contribution is -2.46. The summed E-state index contributed by atoms with van der Waals surface area (Å²) in [6, 6.07) is 0. The van der Waals surface area contributed by atoms with Crippen molar-refractivity contribution in [3.8, 4) is 0 Å². The summed E-state index contributed by atoms with van der Waals surface area (Å²) in [6.45, 7) is 5.73. The molecule has 0 spiro atoms. The number of allylic oxidation sites excluding steroid dienone is 6. The molecule has 2 fully saturated rings. The molecule has 2 saturated heterocycles. The Morgan fingerprint density at radius 2 is 1.84 bits per heavy atom. The summed E-state index contributed by atoms with van der Waals surface area (Å²) in [5.74, 6) is 0.557. The van der Waals surface area contributed by atoms with Gasteiger partial charge in [-0.15, -0.1) is 0 Å². The van der Waals surface area contributed by atoms with E-state index in [0.717, 1.165) is 38.5 Å². The second kappa shape index (κ2) is 15.8. The molecule has 32 heavy (non-hydrogen) atoms. The van der Waals surface area contributed by atoms with Crippen molar-refractivity contribution in [3.05, 3.63) is 36.5 Å². The maximum absolute atomic E-state index is 12.4. The third kappa shape index (κ3) is 10.2. The van der Waals surface area contributed by atoms with Crippen LogP contribution in [0.4, 0.5) is 0 Å². The van der Waals surface area contributed by atoms with Gasteiger partial charge in [-0.2, -0.15) is 0 Å². The highest BCUT2D eigenvalue weighted by Crippen LogP contribution is 2.24. The lowest BCUT2D eigenvalue weighted by Gasteiger charge is -2.32. The van der Waals surface area contributed by atoms with E-state index in [1.165, 1.54) is 32.1 Å². The van der Waals surface area contributed by atoms with Gasteiger partial charge in [0.15, 0.2) is 0 Å². The molecule has 2 heterocycles. The third-order valence-electron chi connectivity index (χ3n) is 6.42. The van der Waals surface area contributed by atoms with Crippen molar-refractivity contribution in [1.29, 1.82) is 0 Å². The third-order valence-corrected chi connectivity index (χ3v) is 6.42. The van der Waals surface area contributed by atoms with Crippen molar-refractivity contribution in [2.75, 3.05) is 13.1 Å². The smallest absolute Gasteiger partial charge is 0.251 e. The van der Waals surface area contributed by atoms with E-state index >= 15 is 0 Å². The fourth-order valence-electron chi connectivity index (χ4n) is 4.25.